The first-order valence-corrected chi connectivity index (χ1v) is 9.61. The van der Waals surface area contributed by atoms with E-state index in [-0.39, 0.29) is 21.8 Å². The molecule has 2 aromatic carbocycles. The van der Waals surface area contributed by atoms with Crippen molar-refractivity contribution in [2.24, 2.45) is 0 Å². The molecule has 0 aromatic heterocycles. The molecule has 0 amide bonds. The lowest BCUT2D eigenvalue weighted by Crippen LogP contribution is -2.50. The van der Waals surface area contributed by atoms with E-state index in [0.29, 0.717) is 42.7 Å². The molecule has 1 heterocycles. The molecular weight excluding hydrogens is 430 g/mol. The number of aromatic carboxylic acids is 1. The summed E-state index contributed by atoms with van der Waals surface area (Å²) in [5.74, 6) is -1.10. The van der Waals surface area contributed by atoms with Gasteiger partial charge in [0, 0.05) is 43.6 Å². The second kappa shape index (κ2) is 8.94. The van der Waals surface area contributed by atoms with Gasteiger partial charge in [-0.25, -0.2) is 4.79 Å². The molecule has 11 heteroatoms. The van der Waals surface area contributed by atoms with E-state index in [1.165, 1.54) is 24.3 Å². The maximum absolute atomic E-state index is 11.2. The molecule has 0 saturated carbocycles. The van der Waals surface area contributed by atoms with Crippen LogP contribution in [0.25, 0.3) is 0 Å². The van der Waals surface area contributed by atoms with Crippen LogP contribution >= 0.6 is 23.8 Å². The van der Waals surface area contributed by atoms with Crippen LogP contribution in [0.1, 0.15) is 15.9 Å². The summed E-state index contributed by atoms with van der Waals surface area (Å²) in [4.78, 5) is 25.6. The summed E-state index contributed by atoms with van der Waals surface area (Å²) in [5, 5.41) is 32.9. The van der Waals surface area contributed by atoms with Gasteiger partial charge >= 0.3 is 5.97 Å². The molecule has 2 N–H and O–H groups in total. The number of carbonyl (C=O) groups is 1. The summed E-state index contributed by atoms with van der Waals surface area (Å²) < 4.78 is 0. The average molecular weight is 446 g/mol. The molecule has 1 aliphatic heterocycles. The summed E-state index contributed by atoms with van der Waals surface area (Å²) in [6.45, 7) is 2.34. The number of carboxylic acids is 1. The van der Waals surface area contributed by atoms with Crippen LogP contribution in [0.3, 0.4) is 0 Å². The highest BCUT2D eigenvalue weighted by Gasteiger charge is 2.22. The Labute approximate surface area is 182 Å². The van der Waals surface area contributed by atoms with Gasteiger partial charge in [-0.3, -0.25) is 10.1 Å². The number of halogens is 1. The largest absolute Gasteiger partial charge is 0.478 e. The number of carboxylic acid groups (broad SMARTS) is 1. The molecule has 3 rings (SSSR count). The van der Waals surface area contributed by atoms with Crippen molar-refractivity contribution in [3.8, 4) is 6.07 Å². The Bertz CT molecular complexity index is 1060. The second-order valence-corrected chi connectivity index (χ2v) is 7.27. The van der Waals surface area contributed by atoms with Crippen LogP contribution in [-0.4, -0.2) is 52.2 Å². The topological polar surface area (TPSA) is 123 Å². The van der Waals surface area contributed by atoms with Crippen LogP contribution in [0.15, 0.2) is 36.4 Å². The highest BCUT2D eigenvalue weighted by molar-refractivity contribution is 7.80. The highest BCUT2D eigenvalue weighted by atomic mass is 35.5. The smallest absolute Gasteiger partial charge is 0.337 e. The number of nitrogens with zero attached hydrogens (tertiary/aromatic N) is 4. The Hall–Kier alpha value is -3.42. The summed E-state index contributed by atoms with van der Waals surface area (Å²) >= 11 is 11.4. The molecule has 0 unspecified atom stereocenters. The molecule has 2 aromatic rings. The fourth-order valence-electron chi connectivity index (χ4n) is 3.10. The molecule has 30 heavy (non-hydrogen) atoms. The normalized spacial score (nSPS) is 13.5. The number of hydrogen-bond donors (Lipinski definition) is 2. The van der Waals surface area contributed by atoms with E-state index < -0.39 is 10.9 Å². The number of nitro benzene ring substituents is 1. The number of rotatable bonds is 4. The summed E-state index contributed by atoms with van der Waals surface area (Å²) in [6.07, 6.45) is 0. The van der Waals surface area contributed by atoms with Gasteiger partial charge in [-0.1, -0.05) is 11.6 Å². The van der Waals surface area contributed by atoms with Gasteiger partial charge in [-0.2, -0.15) is 5.26 Å². The lowest BCUT2D eigenvalue weighted by Gasteiger charge is -2.37. The van der Waals surface area contributed by atoms with Crippen LogP contribution in [0.4, 0.5) is 17.1 Å². The van der Waals surface area contributed by atoms with Gasteiger partial charge in [-0.15, -0.1) is 0 Å². The predicted molar refractivity (Wildman–Crippen MR) is 116 cm³/mol. The van der Waals surface area contributed by atoms with E-state index in [4.69, 9.17) is 34.2 Å². The van der Waals surface area contributed by atoms with Crippen molar-refractivity contribution in [1.29, 1.82) is 5.26 Å². The first kappa shape index (κ1) is 21.3. The predicted octanol–water partition coefficient (Wildman–Crippen LogP) is 3.34. The van der Waals surface area contributed by atoms with Crippen LogP contribution in [0.5, 0.6) is 0 Å². The Kier molecular flexibility index (Phi) is 6.34. The molecule has 1 saturated heterocycles. The van der Waals surface area contributed by atoms with E-state index in [2.05, 4.69) is 5.32 Å². The standard InChI is InChI=1S/C19H16ClN5O4S/c20-16-9-13(2-4-15(16)18(26)27)22-19(30)24-7-5-23(6-8-24)14-3-1-12(11-21)17(10-14)25(28)29/h1-4,9-10H,5-8H2,(H,22,30)(H,26,27). The molecule has 1 fully saturated rings. The zero-order chi connectivity index (χ0) is 21.8. The number of piperazine rings is 1. The van der Waals surface area contributed by atoms with Gasteiger partial charge in [-0.05, 0) is 42.5 Å². The molecule has 9 nitrogen and oxygen atoms in total. The third-order valence-electron chi connectivity index (χ3n) is 4.68. The van der Waals surface area contributed by atoms with Gasteiger partial charge in [0.2, 0.25) is 0 Å². The minimum absolute atomic E-state index is 0.0123. The maximum atomic E-state index is 11.2. The molecule has 154 valence electrons. The first-order chi connectivity index (χ1) is 14.3. The zero-order valence-electron chi connectivity index (χ0n) is 15.5. The number of anilines is 2. The van der Waals surface area contributed by atoms with Crippen molar-refractivity contribution in [1.82, 2.24) is 4.90 Å². The number of benzene rings is 2. The number of nitrogens with one attached hydrogen (secondary N) is 1. The van der Waals surface area contributed by atoms with Crippen LogP contribution in [0.2, 0.25) is 5.02 Å². The minimum Gasteiger partial charge on any atom is -0.478 e. The SMILES string of the molecule is N#Cc1ccc(N2CCN(C(=S)Nc3ccc(C(=O)O)c(Cl)c3)CC2)cc1[N+](=O)[O-]. The van der Waals surface area contributed by atoms with E-state index in [1.807, 2.05) is 15.9 Å². The van der Waals surface area contributed by atoms with E-state index in [0.717, 1.165) is 0 Å². The highest BCUT2D eigenvalue weighted by Crippen LogP contribution is 2.26. The number of nitriles is 1. The average Bonchev–Trinajstić information content (AvgIpc) is 2.73. The quantitative estimate of drug-likeness (QED) is 0.414. The second-order valence-electron chi connectivity index (χ2n) is 6.47. The zero-order valence-corrected chi connectivity index (χ0v) is 17.1. The van der Waals surface area contributed by atoms with Crippen molar-refractivity contribution in [3.63, 3.8) is 0 Å². The first-order valence-electron chi connectivity index (χ1n) is 8.82. The summed E-state index contributed by atoms with van der Waals surface area (Å²) in [6, 6.07) is 10.9. The Morgan fingerprint density at radius 2 is 1.93 bits per heavy atom. The lowest BCUT2D eigenvalue weighted by atomic mass is 10.1. The minimum atomic E-state index is -1.10. The third-order valence-corrected chi connectivity index (χ3v) is 5.35. The van der Waals surface area contributed by atoms with Crippen molar-refractivity contribution >= 4 is 52.0 Å². The van der Waals surface area contributed by atoms with E-state index >= 15 is 0 Å². The molecular formula is C19H16ClN5O4S. The molecule has 0 bridgehead atoms. The Balaban J connectivity index is 1.63. The van der Waals surface area contributed by atoms with E-state index in [9.17, 15) is 14.9 Å². The van der Waals surface area contributed by atoms with Crippen molar-refractivity contribution in [3.05, 3.63) is 62.7 Å². The fourth-order valence-corrected chi connectivity index (χ4v) is 3.66. The number of thiocarbonyl (C=S) groups is 1. The van der Waals surface area contributed by atoms with Crippen molar-refractivity contribution < 1.29 is 14.8 Å². The van der Waals surface area contributed by atoms with Gasteiger partial charge in [0.05, 0.1) is 15.5 Å². The number of hydrogen-bond acceptors (Lipinski definition) is 6. The van der Waals surface area contributed by atoms with Gasteiger partial charge in [0.1, 0.15) is 11.6 Å². The molecule has 0 spiro atoms. The lowest BCUT2D eigenvalue weighted by molar-refractivity contribution is -0.385. The third kappa shape index (κ3) is 4.59. The monoisotopic (exact) mass is 445 g/mol. The van der Waals surface area contributed by atoms with Crippen LogP contribution < -0.4 is 10.2 Å². The summed E-state index contributed by atoms with van der Waals surface area (Å²) in [5.41, 5.74) is 1.09. The van der Waals surface area contributed by atoms with Crippen molar-refractivity contribution in [2.45, 2.75) is 0 Å². The Morgan fingerprint density at radius 1 is 1.23 bits per heavy atom. The van der Waals surface area contributed by atoms with Gasteiger partial charge < -0.3 is 20.2 Å². The van der Waals surface area contributed by atoms with Gasteiger partial charge in [0.15, 0.2) is 5.11 Å². The van der Waals surface area contributed by atoms with E-state index in [1.54, 1.807) is 12.1 Å². The Morgan fingerprint density at radius 3 is 2.50 bits per heavy atom. The van der Waals surface area contributed by atoms with Crippen LogP contribution in [-0.2, 0) is 0 Å². The maximum Gasteiger partial charge on any atom is 0.337 e. The van der Waals surface area contributed by atoms with Gasteiger partial charge in [0.25, 0.3) is 5.69 Å². The molecule has 0 radical (unpaired) electrons. The molecule has 1 aliphatic rings. The number of nitro groups is 1. The molecule has 0 aliphatic carbocycles. The molecule has 0 atom stereocenters. The summed E-state index contributed by atoms with van der Waals surface area (Å²) in [7, 11) is 0. The fraction of sp³-hybridized carbons (Fsp3) is 0.211. The van der Waals surface area contributed by atoms with Crippen molar-refractivity contribution in [2.75, 3.05) is 36.4 Å². The van der Waals surface area contributed by atoms with Crippen LogP contribution in [0, 0.1) is 21.4 Å².